The molecule has 52 valence electrons. The molecule has 2 nitrogen and oxygen atoms in total. The number of para-hydroxylation sites is 2. The van der Waals surface area contributed by atoms with Gasteiger partial charge in [-0.2, -0.15) is 0 Å². The van der Waals surface area contributed by atoms with Gasteiger partial charge in [0.05, 0.1) is 7.11 Å². The molecule has 0 amide bonds. The van der Waals surface area contributed by atoms with E-state index in [1.807, 2.05) is 0 Å². The molecule has 0 radical (unpaired) electrons. The monoisotopic (exact) mass is 166 g/mol. The Morgan fingerprint density at radius 1 is 1.40 bits per heavy atom. The van der Waals surface area contributed by atoms with Gasteiger partial charge in [0.2, 0.25) is 0 Å². The first-order valence-corrected chi connectivity index (χ1v) is 2.66. The van der Waals surface area contributed by atoms with Crippen LogP contribution in [0.15, 0.2) is 24.3 Å². The van der Waals surface area contributed by atoms with E-state index in [0.29, 0.717) is 5.75 Å². The van der Waals surface area contributed by atoms with E-state index in [9.17, 15) is 0 Å². The second-order valence-electron chi connectivity index (χ2n) is 1.67. The van der Waals surface area contributed by atoms with Crippen molar-refractivity contribution in [1.82, 2.24) is 0 Å². The fraction of sp³-hybridized carbons (Fsp3) is 0.143. The van der Waals surface area contributed by atoms with Crippen molar-refractivity contribution < 1.29 is 12.7 Å². The summed E-state index contributed by atoms with van der Waals surface area (Å²) in [6, 6.07) is 6.84. The molecule has 1 rings (SSSR count). The maximum Gasteiger partial charge on any atom is 2.00 e. The SMILES string of the molecule is COc1ccccc1O.[Ca+2].[H-].[H-]. The van der Waals surface area contributed by atoms with Crippen molar-refractivity contribution in [2.45, 2.75) is 0 Å². The number of phenols is 1. The normalized spacial score (nSPS) is 8.10. The predicted molar refractivity (Wildman–Crippen MR) is 42.6 cm³/mol. The van der Waals surface area contributed by atoms with Gasteiger partial charge in [-0.1, -0.05) is 12.1 Å². The second kappa shape index (κ2) is 4.83. The van der Waals surface area contributed by atoms with Crippen molar-refractivity contribution in [1.29, 1.82) is 0 Å². The fourth-order valence-electron chi connectivity index (χ4n) is 0.630. The summed E-state index contributed by atoms with van der Waals surface area (Å²) in [4.78, 5) is 0. The van der Waals surface area contributed by atoms with Gasteiger partial charge in [-0.3, -0.25) is 0 Å². The summed E-state index contributed by atoms with van der Waals surface area (Å²) in [5.41, 5.74) is 0. The van der Waals surface area contributed by atoms with Gasteiger partial charge < -0.3 is 12.7 Å². The van der Waals surface area contributed by atoms with E-state index in [2.05, 4.69) is 0 Å². The Labute approximate surface area is 92.8 Å². The number of aromatic hydroxyl groups is 1. The maximum atomic E-state index is 8.99. The van der Waals surface area contributed by atoms with E-state index >= 15 is 0 Å². The van der Waals surface area contributed by atoms with Crippen LogP contribution in [0, 0.1) is 0 Å². The third-order valence-electron chi connectivity index (χ3n) is 1.09. The van der Waals surface area contributed by atoms with Gasteiger partial charge in [-0.25, -0.2) is 0 Å². The van der Waals surface area contributed by atoms with E-state index < -0.39 is 0 Å². The average molecular weight is 166 g/mol. The molecule has 0 aliphatic heterocycles. The summed E-state index contributed by atoms with van der Waals surface area (Å²) in [5, 5.41) is 8.99. The Hall–Kier alpha value is 0.0797. The van der Waals surface area contributed by atoms with Gasteiger partial charge in [0.1, 0.15) is 0 Å². The van der Waals surface area contributed by atoms with Crippen molar-refractivity contribution in [3.8, 4) is 11.5 Å². The van der Waals surface area contributed by atoms with Crippen LogP contribution in [0.3, 0.4) is 0 Å². The minimum Gasteiger partial charge on any atom is -1.00 e. The Morgan fingerprint density at radius 2 is 2.00 bits per heavy atom. The quantitative estimate of drug-likeness (QED) is 0.636. The molecule has 0 aliphatic rings. The van der Waals surface area contributed by atoms with Crippen molar-refractivity contribution in [2.24, 2.45) is 0 Å². The Bertz CT molecular complexity index is 208. The number of phenolic OH excluding ortho intramolecular Hbond substituents is 1. The van der Waals surface area contributed by atoms with Crippen LogP contribution in [-0.2, 0) is 0 Å². The van der Waals surface area contributed by atoms with Crippen molar-refractivity contribution in [2.75, 3.05) is 7.11 Å². The van der Waals surface area contributed by atoms with Gasteiger partial charge in [0.15, 0.2) is 11.5 Å². The molecular formula is C7H10CaO2. The fourth-order valence-corrected chi connectivity index (χ4v) is 0.630. The average Bonchev–Trinajstić information content (AvgIpc) is 1.89. The summed E-state index contributed by atoms with van der Waals surface area (Å²) in [7, 11) is 1.52. The summed E-state index contributed by atoms with van der Waals surface area (Å²) in [5.74, 6) is 0.692. The molecule has 0 atom stereocenters. The van der Waals surface area contributed by atoms with Gasteiger partial charge in [-0.15, -0.1) is 0 Å². The van der Waals surface area contributed by atoms with Crippen LogP contribution in [0.1, 0.15) is 2.85 Å². The predicted octanol–water partition coefficient (Wildman–Crippen LogP) is 1.25. The zero-order chi connectivity index (χ0) is 6.69. The first kappa shape index (κ1) is 10.1. The number of methoxy groups -OCH3 is 1. The Balaban J connectivity index is -0.000000270. The van der Waals surface area contributed by atoms with E-state index in [-0.39, 0.29) is 46.3 Å². The summed E-state index contributed by atoms with van der Waals surface area (Å²) in [6.45, 7) is 0. The molecule has 0 bridgehead atoms. The van der Waals surface area contributed by atoms with E-state index in [1.165, 1.54) is 7.11 Å². The second-order valence-corrected chi connectivity index (χ2v) is 1.67. The van der Waals surface area contributed by atoms with Gasteiger partial charge in [-0.05, 0) is 12.1 Å². The van der Waals surface area contributed by atoms with Crippen LogP contribution < -0.4 is 4.74 Å². The molecule has 1 aromatic carbocycles. The Morgan fingerprint density at radius 3 is 2.40 bits per heavy atom. The van der Waals surface area contributed by atoms with Gasteiger partial charge in [0.25, 0.3) is 0 Å². The van der Waals surface area contributed by atoms with Crippen molar-refractivity contribution in [3.05, 3.63) is 24.3 Å². The molecule has 1 aromatic rings. The van der Waals surface area contributed by atoms with Gasteiger partial charge >= 0.3 is 37.7 Å². The summed E-state index contributed by atoms with van der Waals surface area (Å²) < 4.78 is 4.79. The number of benzene rings is 1. The van der Waals surface area contributed by atoms with Crippen molar-refractivity contribution >= 4 is 37.7 Å². The molecule has 1 N–H and O–H groups in total. The maximum absolute atomic E-state index is 8.99. The summed E-state index contributed by atoms with van der Waals surface area (Å²) in [6.07, 6.45) is 0. The molecule has 0 aromatic heterocycles. The minimum absolute atomic E-state index is 0. The number of hydrogen-bond donors (Lipinski definition) is 1. The zero-order valence-corrected chi connectivity index (χ0v) is 8.08. The molecule has 3 heteroatoms. The third kappa shape index (κ3) is 2.37. The molecule has 0 saturated carbocycles. The third-order valence-corrected chi connectivity index (χ3v) is 1.09. The first-order chi connectivity index (χ1) is 4.34. The number of rotatable bonds is 1. The molecule has 0 spiro atoms. The minimum atomic E-state index is 0. The largest absolute Gasteiger partial charge is 2.00 e. The topological polar surface area (TPSA) is 29.5 Å². The van der Waals surface area contributed by atoms with Gasteiger partial charge in [0, 0.05) is 0 Å². The molecule has 0 saturated heterocycles. The number of hydrogen-bond acceptors (Lipinski definition) is 2. The molecule has 0 aliphatic carbocycles. The number of ether oxygens (including phenoxy) is 1. The van der Waals surface area contributed by atoms with Crippen molar-refractivity contribution in [3.63, 3.8) is 0 Å². The van der Waals surface area contributed by atoms with Crippen LogP contribution in [0.4, 0.5) is 0 Å². The standard InChI is InChI=1S/C7H8O2.Ca.2H/c1-9-7-5-3-2-4-6(7)8;;;/h2-5,8H,1H3;;;/q;+2;2*-1. The first-order valence-electron chi connectivity index (χ1n) is 2.66. The zero-order valence-electron chi connectivity index (χ0n) is 7.87. The van der Waals surface area contributed by atoms with Crippen LogP contribution in [-0.4, -0.2) is 50.0 Å². The van der Waals surface area contributed by atoms with Crippen LogP contribution in [0.25, 0.3) is 0 Å². The molecule has 10 heavy (non-hydrogen) atoms. The van der Waals surface area contributed by atoms with E-state index in [4.69, 9.17) is 9.84 Å². The molecule has 0 unspecified atom stereocenters. The molecular weight excluding hydrogens is 156 g/mol. The van der Waals surface area contributed by atoms with Crippen LogP contribution in [0.5, 0.6) is 11.5 Å². The molecule has 0 heterocycles. The molecule has 0 fully saturated rings. The van der Waals surface area contributed by atoms with E-state index in [0.717, 1.165) is 0 Å². The Kier molecular flexibility index (Phi) is 4.87. The van der Waals surface area contributed by atoms with E-state index in [1.54, 1.807) is 24.3 Å². The summed E-state index contributed by atoms with van der Waals surface area (Å²) >= 11 is 0. The smallest absolute Gasteiger partial charge is 1.00 e. The van der Waals surface area contributed by atoms with Crippen LogP contribution in [0.2, 0.25) is 0 Å². The van der Waals surface area contributed by atoms with Crippen LogP contribution >= 0.6 is 0 Å².